The SMILES string of the molecule is Cc1ncn(-c2ccc(N)cc2C(F)(F)F)c1C. The van der Waals surface area contributed by atoms with Crippen molar-refractivity contribution in [2.45, 2.75) is 20.0 Å². The van der Waals surface area contributed by atoms with Crippen molar-refractivity contribution in [3.05, 3.63) is 41.5 Å². The Morgan fingerprint density at radius 1 is 1.22 bits per heavy atom. The van der Waals surface area contributed by atoms with Crippen LogP contribution in [-0.4, -0.2) is 9.55 Å². The quantitative estimate of drug-likeness (QED) is 0.796. The molecule has 0 unspecified atom stereocenters. The largest absolute Gasteiger partial charge is 0.418 e. The Kier molecular flexibility index (Phi) is 2.80. The van der Waals surface area contributed by atoms with Crippen molar-refractivity contribution in [3.63, 3.8) is 0 Å². The molecule has 6 heteroatoms. The van der Waals surface area contributed by atoms with Crippen molar-refractivity contribution in [2.24, 2.45) is 0 Å². The van der Waals surface area contributed by atoms with E-state index in [-0.39, 0.29) is 11.4 Å². The lowest BCUT2D eigenvalue weighted by Crippen LogP contribution is -2.12. The number of nitrogens with two attached hydrogens (primary N) is 1. The molecule has 2 rings (SSSR count). The average molecular weight is 255 g/mol. The van der Waals surface area contributed by atoms with Crippen molar-refractivity contribution >= 4 is 5.69 Å². The summed E-state index contributed by atoms with van der Waals surface area (Å²) < 4.78 is 40.3. The first-order valence-electron chi connectivity index (χ1n) is 5.28. The number of benzene rings is 1. The van der Waals surface area contributed by atoms with Gasteiger partial charge < -0.3 is 10.3 Å². The predicted octanol–water partition coefficient (Wildman–Crippen LogP) is 3.09. The van der Waals surface area contributed by atoms with E-state index >= 15 is 0 Å². The van der Waals surface area contributed by atoms with Crippen molar-refractivity contribution < 1.29 is 13.2 Å². The third-order valence-corrected chi connectivity index (χ3v) is 2.84. The number of aromatic nitrogens is 2. The highest BCUT2D eigenvalue weighted by atomic mass is 19.4. The van der Waals surface area contributed by atoms with Gasteiger partial charge in [0.25, 0.3) is 0 Å². The van der Waals surface area contributed by atoms with Gasteiger partial charge >= 0.3 is 6.18 Å². The van der Waals surface area contributed by atoms with Gasteiger partial charge in [-0.3, -0.25) is 0 Å². The fourth-order valence-electron chi connectivity index (χ4n) is 1.73. The van der Waals surface area contributed by atoms with Gasteiger partial charge in [0.15, 0.2) is 0 Å². The number of hydrogen-bond acceptors (Lipinski definition) is 2. The highest BCUT2D eigenvalue weighted by Gasteiger charge is 2.34. The van der Waals surface area contributed by atoms with Gasteiger partial charge in [-0.15, -0.1) is 0 Å². The number of rotatable bonds is 1. The third-order valence-electron chi connectivity index (χ3n) is 2.84. The summed E-state index contributed by atoms with van der Waals surface area (Å²) in [4.78, 5) is 4.00. The van der Waals surface area contributed by atoms with Crippen LogP contribution >= 0.6 is 0 Å². The molecular weight excluding hydrogens is 243 g/mol. The zero-order valence-electron chi connectivity index (χ0n) is 9.92. The molecule has 0 aliphatic rings. The van der Waals surface area contributed by atoms with Crippen LogP contribution in [0.2, 0.25) is 0 Å². The van der Waals surface area contributed by atoms with E-state index in [2.05, 4.69) is 4.98 Å². The van der Waals surface area contributed by atoms with E-state index in [1.165, 1.54) is 23.0 Å². The molecule has 0 aliphatic heterocycles. The van der Waals surface area contributed by atoms with Gasteiger partial charge in [-0.05, 0) is 32.0 Å². The van der Waals surface area contributed by atoms with Crippen molar-refractivity contribution in [2.75, 3.05) is 5.73 Å². The minimum Gasteiger partial charge on any atom is -0.399 e. The summed E-state index contributed by atoms with van der Waals surface area (Å²) in [6.45, 7) is 3.47. The number of imidazole rings is 1. The molecular formula is C12H12F3N3. The van der Waals surface area contributed by atoms with Crippen LogP contribution in [0.1, 0.15) is 17.0 Å². The number of hydrogen-bond donors (Lipinski definition) is 1. The number of nitrogens with zero attached hydrogens (tertiary/aromatic N) is 2. The Morgan fingerprint density at radius 2 is 1.89 bits per heavy atom. The van der Waals surface area contributed by atoms with E-state index in [0.29, 0.717) is 11.4 Å². The maximum absolute atomic E-state index is 13.0. The zero-order chi connectivity index (χ0) is 13.5. The van der Waals surface area contributed by atoms with Crippen molar-refractivity contribution in [1.82, 2.24) is 9.55 Å². The summed E-state index contributed by atoms with van der Waals surface area (Å²) in [7, 11) is 0. The third kappa shape index (κ3) is 2.05. The summed E-state index contributed by atoms with van der Waals surface area (Å²) in [5, 5.41) is 0. The Bertz CT molecular complexity index is 585. The molecule has 3 nitrogen and oxygen atoms in total. The topological polar surface area (TPSA) is 43.8 Å². The fraction of sp³-hybridized carbons (Fsp3) is 0.250. The maximum Gasteiger partial charge on any atom is 0.418 e. The van der Waals surface area contributed by atoms with E-state index in [1.54, 1.807) is 13.8 Å². The van der Waals surface area contributed by atoms with Gasteiger partial charge in [0.05, 0.1) is 23.3 Å². The minimum absolute atomic E-state index is 0.0369. The normalized spacial score (nSPS) is 11.8. The van der Waals surface area contributed by atoms with Crippen LogP contribution in [0, 0.1) is 13.8 Å². The number of halogens is 3. The monoisotopic (exact) mass is 255 g/mol. The zero-order valence-corrected chi connectivity index (χ0v) is 9.92. The Balaban J connectivity index is 2.68. The molecule has 0 amide bonds. The summed E-state index contributed by atoms with van der Waals surface area (Å²) in [6, 6.07) is 3.73. The minimum atomic E-state index is -4.45. The van der Waals surface area contributed by atoms with Crippen molar-refractivity contribution in [3.8, 4) is 5.69 Å². The molecule has 2 aromatic rings. The predicted molar refractivity (Wildman–Crippen MR) is 62.5 cm³/mol. The number of anilines is 1. The van der Waals surface area contributed by atoms with Crippen LogP contribution < -0.4 is 5.73 Å². The summed E-state index contributed by atoms with van der Waals surface area (Å²) in [6.07, 6.45) is -3.07. The van der Waals surface area contributed by atoms with E-state index in [1.807, 2.05) is 0 Å². The molecule has 0 saturated heterocycles. The molecule has 0 bridgehead atoms. The lowest BCUT2D eigenvalue weighted by molar-refractivity contribution is -0.137. The molecule has 18 heavy (non-hydrogen) atoms. The van der Waals surface area contributed by atoms with Gasteiger partial charge in [0, 0.05) is 11.4 Å². The molecule has 0 atom stereocenters. The Hall–Kier alpha value is -1.98. The molecule has 0 saturated carbocycles. The lowest BCUT2D eigenvalue weighted by atomic mass is 10.1. The molecule has 96 valence electrons. The van der Waals surface area contributed by atoms with Crippen LogP contribution in [0.25, 0.3) is 5.69 Å². The number of nitrogen functional groups attached to an aromatic ring is 1. The second-order valence-electron chi connectivity index (χ2n) is 4.06. The van der Waals surface area contributed by atoms with Crippen molar-refractivity contribution in [1.29, 1.82) is 0 Å². The second kappa shape index (κ2) is 4.04. The van der Waals surface area contributed by atoms with Gasteiger partial charge in [-0.25, -0.2) is 4.98 Å². The molecule has 0 spiro atoms. The molecule has 2 N–H and O–H groups in total. The molecule has 0 aliphatic carbocycles. The Morgan fingerprint density at radius 3 is 2.39 bits per heavy atom. The second-order valence-corrected chi connectivity index (χ2v) is 4.06. The standard InChI is InChI=1S/C12H12F3N3/c1-7-8(2)18(6-17-7)11-4-3-9(16)5-10(11)12(13,14)15/h3-6H,16H2,1-2H3. The first-order valence-corrected chi connectivity index (χ1v) is 5.28. The van der Waals surface area contributed by atoms with Gasteiger partial charge in [-0.1, -0.05) is 0 Å². The van der Waals surface area contributed by atoms with Crippen LogP contribution in [-0.2, 0) is 6.18 Å². The van der Waals surface area contributed by atoms with Crippen LogP contribution in [0.5, 0.6) is 0 Å². The van der Waals surface area contributed by atoms with Crippen LogP contribution in [0.3, 0.4) is 0 Å². The van der Waals surface area contributed by atoms with Crippen LogP contribution in [0.4, 0.5) is 18.9 Å². The van der Waals surface area contributed by atoms with E-state index in [0.717, 1.165) is 6.07 Å². The van der Waals surface area contributed by atoms with E-state index in [4.69, 9.17) is 5.73 Å². The van der Waals surface area contributed by atoms with Crippen LogP contribution in [0.15, 0.2) is 24.5 Å². The average Bonchev–Trinajstić information content (AvgIpc) is 2.59. The van der Waals surface area contributed by atoms with E-state index < -0.39 is 11.7 Å². The maximum atomic E-state index is 13.0. The first-order chi connectivity index (χ1) is 8.30. The molecule has 1 aromatic carbocycles. The molecule has 1 aromatic heterocycles. The lowest BCUT2D eigenvalue weighted by Gasteiger charge is -2.15. The van der Waals surface area contributed by atoms with Gasteiger partial charge in [0.1, 0.15) is 0 Å². The van der Waals surface area contributed by atoms with Gasteiger partial charge in [-0.2, -0.15) is 13.2 Å². The molecule has 0 radical (unpaired) electrons. The highest BCUT2D eigenvalue weighted by Crippen LogP contribution is 2.35. The Labute approximate surface area is 102 Å². The highest BCUT2D eigenvalue weighted by molar-refractivity contribution is 5.53. The van der Waals surface area contributed by atoms with Gasteiger partial charge in [0.2, 0.25) is 0 Å². The summed E-state index contributed by atoms with van der Waals surface area (Å²) in [5.41, 5.74) is 6.15. The first kappa shape index (κ1) is 12.5. The summed E-state index contributed by atoms with van der Waals surface area (Å²) in [5.74, 6) is 0. The molecule has 1 heterocycles. The smallest absolute Gasteiger partial charge is 0.399 e. The number of alkyl halides is 3. The summed E-state index contributed by atoms with van der Waals surface area (Å²) >= 11 is 0. The fourth-order valence-corrected chi connectivity index (χ4v) is 1.73. The number of aryl methyl sites for hydroxylation is 1. The van der Waals surface area contributed by atoms with E-state index in [9.17, 15) is 13.2 Å². The molecule has 0 fully saturated rings.